The summed E-state index contributed by atoms with van der Waals surface area (Å²) in [7, 11) is -3.81. The van der Waals surface area contributed by atoms with E-state index in [0.29, 0.717) is 23.7 Å². The zero-order chi connectivity index (χ0) is 27.5. The predicted octanol–water partition coefficient (Wildman–Crippen LogP) is 4.58. The van der Waals surface area contributed by atoms with Gasteiger partial charge in [0, 0.05) is 13.1 Å². The number of hydrogen-bond donors (Lipinski definition) is 1. The summed E-state index contributed by atoms with van der Waals surface area (Å²) in [6.45, 7) is 3.92. The molecule has 1 N–H and O–H groups in total. The largest absolute Gasteiger partial charge is 0.457 e. The van der Waals surface area contributed by atoms with Crippen LogP contribution < -0.4 is 14.4 Å². The highest BCUT2D eigenvalue weighted by Crippen LogP contribution is 2.26. The van der Waals surface area contributed by atoms with Gasteiger partial charge in [-0.25, -0.2) is 8.42 Å². The number of anilines is 1. The van der Waals surface area contributed by atoms with Crippen molar-refractivity contribution in [1.82, 2.24) is 10.2 Å². The summed E-state index contributed by atoms with van der Waals surface area (Å²) in [5.41, 5.74) is 1.16. The number of unbranched alkanes of at least 4 members (excludes halogenated alkanes) is 1. The Bertz CT molecular complexity index is 1280. The maximum Gasteiger partial charge on any atom is 0.244 e. The van der Waals surface area contributed by atoms with Crippen molar-refractivity contribution < 1.29 is 22.7 Å². The smallest absolute Gasteiger partial charge is 0.244 e. The number of ether oxygens (including phenoxy) is 1. The molecule has 0 radical (unpaired) electrons. The fourth-order valence-corrected chi connectivity index (χ4v) is 4.67. The summed E-state index contributed by atoms with van der Waals surface area (Å²) >= 11 is 0. The molecule has 38 heavy (non-hydrogen) atoms. The molecule has 0 aliphatic rings. The number of nitrogens with zero attached hydrogens (tertiary/aromatic N) is 2. The van der Waals surface area contributed by atoms with Crippen LogP contribution in [0.15, 0.2) is 84.9 Å². The van der Waals surface area contributed by atoms with E-state index in [1.54, 1.807) is 31.2 Å². The van der Waals surface area contributed by atoms with Gasteiger partial charge in [-0.15, -0.1) is 0 Å². The minimum Gasteiger partial charge on any atom is -0.457 e. The fraction of sp³-hybridized carbons (Fsp3) is 0.310. The van der Waals surface area contributed by atoms with Gasteiger partial charge in [0.05, 0.1) is 11.9 Å². The molecule has 3 aromatic carbocycles. The van der Waals surface area contributed by atoms with Crippen molar-refractivity contribution in [3.63, 3.8) is 0 Å². The van der Waals surface area contributed by atoms with E-state index >= 15 is 0 Å². The quantitative estimate of drug-likeness (QED) is 0.322. The predicted molar refractivity (Wildman–Crippen MR) is 150 cm³/mol. The number of carbonyl (C=O) groups excluding carboxylic acids is 2. The maximum atomic E-state index is 13.6. The summed E-state index contributed by atoms with van der Waals surface area (Å²) < 4.78 is 32.3. The molecule has 9 heteroatoms. The van der Waals surface area contributed by atoms with Crippen LogP contribution in [0.3, 0.4) is 0 Å². The number of rotatable bonds is 13. The zero-order valence-electron chi connectivity index (χ0n) is 22.0. The Balaban J connectivity index is 1.82. The Morgan fingerprint density at radius 2 is 1.47 bits per heavy atom. The lowest BCUT2D eigenvalue weighted by Crippen LogP contribution is -2.51. The molecule has 0 saturated heterocycles. The van der Waals surface area contributed by atoms with Crippen LogP contribution in [0.2, 0.25) is 0 Å². The molecule has 3 aromatic rings. The minimum atomic E-state index is -3.81. The number of benzene rings is 3. The third-order valence-corrected chi connectivity index (χ3v) is 7.12. The molecule has 1 atom stereocenters. The maximum absolute atomic E-state index is 13.6. The Hall–Kier alpha value is -3.85. The lowest BCUT2D eigenvalue weighted by Gasteiger charge is -2.31. The van der Waals surface area contributed by atoms with Crippen molar-refractivity contribution in [2.45, 2.75) is 39.3 Å². The molecule has 0 bridgehead atoms. The van der Waals surface area contributed by atoms with Gasteiger partial charge < -0.3 is 15.0 Å². The molecular formula is C29H35N3O5S. The summed E-state index contributed by atoms with van der Waals surface area (Å²) in [5.74, 6) is 0.416. The van der Waals surface area contributed by atoms with Crippen molar-refractivity contribution >= 4 is 27.5 Å². The average molecular weight is 538 g/mol. The SMILES string of the molecule is CCCCNC(=O)[C@H](C)N(Cc1ccccc1)C(=O)CN(c1ccc(Oc2ccccc2)cc1)S(C)(=O)=O. The number of amides is 2. The number of nitrogens with one attached hydrogen (secondary N) is 1. The first-order chi connectivity index (χ1) is 18.2. The normalized spacial score (nSPS) is 11.9. The van der Waals surface area contributed by atoms with Crippen LogP contribution in [0.1, 0.15) is 32.3 Å². The van der Waals surface area contributed by atoms with Crippen molar-refractivity contribution in [3.05, 3.63) is 90.5 Å². The second-order valence-electron chi connectivity index (χ2n) is 9.01. The van der Waals surface area contributed by atoms with Gasteiger partial charge in [0.25, 0.3) is 0 Å². The van der Waals surface area contributed by atoms with E-state index in [0.717, 1.165) is 29.0 Å². The van der Waals surface area contributed by atoms with Gasteiger partial charge in [-0.2, -0.15) is 0 Å². The van der Waals surface area contributed by atoms with E-state index in [4.69, 9.17) is 4.74 Å². The Kier molecular flexibility index (Phi) is 10.3. The molecule has 202 valence electrons. The van der Waals surface area contributed by atoms with Crippen molar-refractivity contribution in [1.29, 1.82) is 0 Å². The molecule has 0 fully saturated rings. The van der Waals surface area contributed by atoms with Crippen LogP contribution in [0.5, 0.6) is 11.5 Å². The highest BCUT2D eigenvalue weighted by Gasteiger charge is 2.30. The van der Waals surface area contributed by atoms with E-state index in [2.05, 4.69) is 5.32 Å². The van der Waals surface area contributed by atoms with Crippen LogP contribution in [-0.4, -0.2) is 50.5 Å². The van der Waals surface area contributed by atoms with Gasteiger partial charge in [0.15, 0.2) is 0 Å². The first-order valence-corrected chi connectivity index (χ1v) is 14.5. The highest BCUT2D eigenvalue weighted by atomic mass is 32.2. The average Bonchev–Trinajstić information content (AvgIpc) is 2.91. The molecule has 0 aliphatic heterocycles. The minimum absolute atomic E-state index is 0.170. The molecular weight excluding hydrogens is 502 g/mol. The van der Waals surface area contributed by atoms with Gasteiger partial charge in [0.2, 0.25) is 21.8 Å². The summed E-state index contributed by atoms with van der Waals surface area (Å²) in [6, 6.07) is 24.2. The molecule has 2 amide bonds. The molecule has 0 saturated carbocycles. The molecule has 8 nitrogen and oxygen atoms in total. The Morgan fingerprint density at radius 1 is 0.895 bits per heavy atom. The van der Waals surface area contributed by atoms with E-state index in [-0.39, 0.29) is 12.5 Å². The zero-order valence-corrected chi connectivity index (χ0v) is 22.9. The molecule has 0 aromatic heterocycles. The monoisotopic (exact) mass is 537 g/mol. The van der Waals surface area contributed by atoms with Crippen LogP contribution in [0, 0.1) is 0 Å². The summed E-state index contributed by atoms with van der Waals surface area (Å²) in [5, 5.41) is 2.87. The van der Waals surface area contributed by atoms with E-state index < -0.39 is 28.5 Å². The van der Waals surface area contributed by atoms with E-state index in [1.165, 1.54) is 4.90 Å². The van der Waals surface area contributed by atoms with Crippen LogP contribution in [-0.2, 0) is 26.2 Å². The van der Waals surface area contributed by atoms with Gasteiger partial charge in [-0.05, 0) is 55.3 Å². The summed E-state index contributed by atoms with van der Waals surface area (Å²) in [6.07, 6.45) is 2.81. The van der Waals surface area contributed by atoms with Crippen molar-refractivity contribution in [3.8, 4) is 11.5 Å². The number of carbonyl (C=O) groups is 2. The lowest BCUT2D eigenvalue weighted by molar-refractivity contribution is -0.139. The molecule has 0 aliphatic carbocycles. The van der Waals surface area contributed by atoms with E-state index in [1.807, 2.05) is 67.6 Å². The third-order valence-electron chi connectivity index (χ3n) is 5.98. The van der Waals surface area contributed by atoms with Crippen LogP contribution in [0.4, 0.5) is 5.69 Å². The first kappa shape index (κ1) is 28.7. The second kappa shape index (κ2) is 13.6. The van der Waals surface area contributed by atoms with E-state index in [9.17, 15) is 18.0 Å². The van der Waals surface area contributed by atoms with Crippen LogP contribution in [0.25, 0.3) is 0 Å². The first-order valence-electron chi connectivity index (χ1n) is 12.6. The van der Waals surface area contributed by atoms with Gasteiger partial charge in [-0.1, -0.05) is 61.9 Å². The molecule has 0 unspecified atom stereocenters. The molecule has 0 heterocycles. The van der Waals surface area contributed by atoms with Gasteiger partial charge in [0.1, 0.15) is 24.1 Å². The molecule has 0 spiro atoms. The number of sulfonamides is 1. The number of hydrogen-bond acceptors (Lipinski definition) is 5. The summed E-state index contributed by atoms with van der Waals surface area (Å²) in [4.78, 5) is 27.8. The number of para-hydroxylation sites is 1. The standard InChI is InChI=1S/C29H35N3O5S/c1-4-5-20-30-29(34)23(2)31(21-24-12-8-6-9-13-24)28(33)22-32(38(3,35)36)25-16-18-27(19-17-25)37-26-14-10-7-11-15-26/h6-19,23H,4-5,20-22H2,1-3H3,(H,30,34)/t23-/m0/s1. The lowest BCUT2D eigenvalue weighted by atomic mass is 10.1. The van der Waals surface area contributed by atoms with Crippen molar-refractivity contribution in [2.75, 3.05) is 23.7 Å². The van der Waals surface area contributed by atoms with Gasteiger partial charge in [-0.3, -0.25) is 13.9 Å². The topological polar surface area (TPSA) is 96.0 Å². The Morgan fingerprint density at radius 3 is 2.05 bits per heavy atom. The third kappa shape index (κ3) is 8.34. The highest BCUT2D eigenvalue weighted by molar-refractivity contribution is 7.92. The van der Waals surface area contributed by atoms with Crippen molar-refractivity contribution in [2.24, 2.45) is 0 Å². The fourth-order valence-electron chi connectivity index (χ4n) is 3.82. The molecule has 3 rings (SSSR count). The Labute approximate surface area is 225 Å². The second-order valence-corrected chi connectivity index (χ2v) is 10.9. The van der Waals surface area contributed by atoms with Gasteiger partial charge >= 0.3 is 0 Å². The van der Waals surface area contributed by atoms with Crippen LogP contribution >= 0.6 is 0 Å².